The van der Waals surface area contributed by atoms with Gasteiger partial charge in [-0.1, -0.05) is 52.7 Å². The number of ether oxygens (including phenoxy) is 5. The monoisotopic (exact) mass is 738 g/mol. The van der Waals surface area contributed by atoms with Gasteiger partial charge in [-0.15, -0.1) is 0 Å². The van der Waals surface area contributed by atoms with Crippen molar-refractivity contribution in [3.8, 4) is 17.2 Å². The largest absolute Gasteiger partial charge is 0.493 e. The van der Waals surface area contributed by atoms with Crippen LogP contribution in [0, 0.1) is 0 Å². The van der Waals surface area contributed by atoms with Gasteiger partial charge in [-0.25, -0.2) is 14.6 Å². The lowest BCUT2D eigenvalue weighted by Crippen LogP contribution is -2.40. The molecule has 5 rings (SSSR count). The van der Waals surface area contributed by atoms with Crippen LogP contribution in [-0.2, 0) is 20.9 Å². The Hall–Kier alpha value is -4.58. The Morgan fingerprint density at radius 3 is 2.34 bits per heavy atom. The molecule has 0 saturated heterocycles. The summed E-state index contributed by atoms with van der Waals surface area (Å²) in [6, 6.07) is 14.5. The maximum Gasteiger partial charge on any atom is 0.338 e. The van der Waals surface area contributed by atoms with E-state index in [9.17, 15) is 14.4 Å². The number of nitrogens with zero attached hydrogens (tertiary/aromatic N) is 2. The first-order chi connectivity index (χ1) is 23.9. The average molecular weight is 740 g/mol. The maximum absolute atomic E-state index is 14.3. The molecular formula is C37H36Cl2N2O8S. The second-order valence-corrected chi connectivity index (χ2v) is 13.2. The summed E-state index contributed by atoms with van der Waals surface area (Å²) in [7, 11) is 1.53. The number of methoxy groups -OCH3 is 1. The van der Waals surface area contributed by atoms with Crippen molar-refractivity contribution in [1.29, 1.82) is 0 Å². The SMILES string of the molecule is CCOC(=O)C1=C(C)N=c2s/c(=C/c3cc(Cl)cc(Cl)c3OCc3ccc(C(=O)OCC)cc3)c(=O)n2[C@H]1c1ccc(OC(C)C)c(OC)c1. The summed E-state index contributed by atoms with van der Waals surface area (Å²) in [5, 5.41) is 0.586. The van der Waals surface area contributed by atoms with Crippen molar-refractivity contribution in [2.45, 2.75) is 53.4 Å². The van der Waals surface area contributed by atoms with Crippen LogP contribution in [0.1, 0.15) is 67.7 Å². The van der Waals surface area contributed by atoms with Crippen molar-refractivity contribution in [2.24, 2.45) is 4.99 Å². The molecule has 1 aliphatic rings. The summed E-state index contributed by atoms with van der Waals surface area (Å²) < 4.78 is 30.0. The number of thiazole rings is 1. The van der Waals surface area contributed by atoms with Gasteiger partial charge in [0.05, 0.1) is 58.9 Å². The summed E-state index contributed by atoms with van der Waals surface area (Å²) >= 11 is 14.2. The first-order valence-corrected chi connectivity index (χ1v) is 17.4. The number of allylic oxidation sites excluding steroid dienone is 1. The lowest BCUT2D eigenvalue weighted by molar-refractivity contribution is -0.139. The highest BCUT2D eigenvalue weighted by atomic mass is 35.5. The fourth-order valence-corrected chi connectivity index (χ4v) is 7.00. The predicted octanol–water partition coefficient (Wildman–Crippen LogP) is 6.66. The molecule has 262 valence electrons. The van der Waals surface area contributed by atoms with Crippen LogP contribution in [0.2, 0.25) is 10.0 Å². The number of hydrogen-bond acceptors (Lipinski definition) is 10. The van der Waals surface area contributed by atoms with E-state index in [1.807, 2.05) is 13.8 Å². The van der Waals surface area contributed by atoms with Gasteiger partial charge in [0, 0.05) is 10.6 Å². The van der Waals surface area contributed by atoms with Crippen molar-refractivity contribution in [1.82, 2.24) is 4.57 Å². The standard InChI is InChI=1S/C37H36Cl2N2O8S/c1-7-46-35(43)23-11-9-22(10-12-23)19-48-33-25(15-26(38)18-27(33)39)17-30-34(42)41-32(24-13-14-28(49-20(3)4)29(16-24)45-6)31(36(44)47-8-2)21(5)40-37(41)50-30/h9-18,20,32H,7-8,19H2,1-6H3/b30-17+/t32-/m0/s1. The first-order valence-electron chi connectivity index (χ1n) is 15.9. The van der Waals surface area contributed by atoms with E-state index in [0.717, 1.165) is 16.9 Å². The molecule has 4 aromatic rings. The Morgan fingerprint density at radius 2 is 1.68 bits per heavy atom. The first kappa shape index (κ1) is 36.7. The molecule has 0 saturated carbocycles. The van der Waals surface area contributed by atoms with E-state index in [-0.39, 0.29) is 36.5 Å². The van der Waals surface area contributed by atoms with Gasteiger partial charge in [-0.05, 0) is 88.2 Å². The Kier molecular flexibility index (Phi) is 11.7. The Bertz CT molecular complexity index is 2140. The molecule has 3 aromatic carbocycles. The molecule has 0 unspecified atom stereocenters. The number of carbonyl (C=O) groups excluding carboxylic acids is 2. The van der Waals surface area contributed by atoms with E-state index >= 15 is 0 Å². The van der Waals surface area contributed by atoms with Crippen LogP contribution < -0.4 is 29.1 Å². The van der Waals surface area contributed by atoms with Crippen LogP contribution in [-0.4, -0.2) is 42.9 Å². The van der Waals surface area contributed by atoms with Crippen LogP contribution >= 0.6 is 34.5 Å². The minimum atomic E-state index is -0.870. The van der Waals surface area contributed by atoms with Crippen molar-refractivity contribution in [3.05, 3.63) is 118 Å². The van der Waals surface area contributed by atoms with Crippen LogP contribution in [0.4, 0.5) is 0 Å². The van der Waals surface area contributed by atoms with Gasteiger partial charge in [0.15, 0.2) is 16.3 Å². The van der Waals surface area contributed by atoms with E-state index in [0.29, 0.717) is 54.0 Å². The van der Waals surface area contributed by atoms with Crippen LogP contribution in [0.15, 0.2) is 75.7 Å². The molecule has 1 aliphatic heterocycles. The lowest BCUT2D eigenvalue weighted by Gasteiger charge is -2.25. The van der Waals surface area contributed by atoms with Crippen molar-refractivity contribution >= 4 is 52.6 Å². The van der Waals surface area contributed by atoms with Gasteiger partial charge < -0.3 is 23.7 Å². The summed E-state index contributed by atoms with van der Waals surface area (Å²) in [5.41, 5.74) is 2.52. The fourth-order valence-electron chi connectivity index (χ4n) is 5.40. The number of hydrogen-bond donors (Lipinski definition) is 0. The minimum Gasteiger partial charge on any atom is -0.493 e. The lowest BCUT2D eigenvalue weighted by atomic mass is 9.95. The van der Waals surface area contributed by atoms with E-state index in [4.69, 9.17) is 46.9 Å². The second-order valence-electron chi connectivity index (χ2n) is 11.4. The normalized spacial score (nSPS) is 14.3. The van der Waals surface area contributed by atoms with Crippen LogP contribution in [0.5, 0.6) is 17.2 Å². The molecule has 2 heterocycles. The van der Waals surface area contributed by atoms with Crippen molar-refractivity contribution < 1.29 is 33.3 Å². The second kappa shape index (κ2) is 16.0. The minimum absolute atomic E-state index is 0.101. The topological polar surface area (TPSA) is 115 Å². The summed E-state index contributed by atoms with van der Waals surface area (Å²) in [6.45, 7) is 9.53. The highest BCUT2D eigenvalue weighted by Gasteiger charge is 2.34. The molecule has 0 bridgehead atoms. The molecule has 10 nitrogen and oxygen atoms in total. The molecule has 1 atom stereocenters. The van der Waals surface area contributed by atoms with Gasteiger partial charge in [0.25, 0.3) is 5.56 Å². The Morgan fingerprint density at radius 1 is 0.980 bits per heavy atom. The molecule has 0 fully saturated rings. The van der Waals surface area contributed by atoms with Crippen molar-refractivity contribution in [3.63, 3.8) is 0 Å². The Labute approximate surface area is 303 Å². The predicted molar refractivity (Wildman–Crippen MR) is 192 cm³/mol. The number of aromatic nitrogens is 1. The molecule has 0 N–H and O–H groups in total. The number of carbonyl (C=O) groups is 2. The smallest absolute Gasteiger partial charge is 0.338 e. The van der Waals surface area contributed by atoms with E-state index in [2.05, 4.69) is 4.99 Å². The van der Waals surface area contributed by atoms with Crippen LogP contribution in [0.25, 0.3) is 6.08 Å². The van der Waals surface area contributed by atoms with E-state index in [1.54, 1.807) is 81.4 Å². The number of benzene rings is 3. The molecule has 0 radical (unpaired) electrons. The zero-order valence-electron chi connectivity index (χ0n) is 28.4. The quantitative estimate of drug-likeness (QED) is 0.148. The van der Waals surface area contributed by atoms with Gasteiger partial charge in [0.1, 0.15) is 12.4 Å². The number of esters is 2. The molecule has 1 aromatic heterocycles. The molecule has 50 heavy (non-hydrogen) atoms. The Balaban J connectivity index is 1.59. The van der Waals surface area contributed by atoms with Gasteiger partial charge in [-0.3, -0.25) is 9.36 Å². The van der Waals surface area contributed by atoms with Crippen LogP contribution in [0.3, 0.4) is 0 Å². The zero-order chi connectivity index (χ0) is 36.1. The molecule has 13 heteroatoms. The van der Waals surface area contributed by atoms with Crippen molar-refractivity contribution in [2.75, 3.05) is 20.3 Å². The summed E-state index contributed by atoms with van der Waals surface area (Å²) in [4.78, 5) is 44.8. The van der Waals surface area contributed by atoms with Gasteiger partial charge >= 0.3 is 11.9 Å². The fraction of sp³-hybridized carbons (Fsp3) is 0.297. The molecular weight excluding hydrogens is 703 g/mol. The highest BCUT2D eigenvalue weighted by Crippen LogP contribution is 2.37. The van der Waals surface area contributed by atoms with E-state index in [1.165, 1.54) is 11.7 Å². The third-order valence-electron chi connectivity index (χ3n) is 7.56. The third kappa shape index (κ3) is 7.90. The molecule has 0 amide bonds. The number of fused-ring (bicyclic) bond motifs is 1. The molecule has 0 aliphatic carbocycles. The number of rotatable bonds is 12. The van der Waals surface area contributed by atoms with E-state index < -0.39 is 23.5 Å². The summed E-state index contributed by atoms with van der Waals surface area (Å²) in [6.07, 6.45) is 1.54. The third-order valence-corrected chi connectivity index (χ3v) is 9.04. The zero-order valence-corrected chi connectivity index (χ0v) is 30.7. The summed E-state index contributed by atoms with van der Waals surface area (Å²) in [5.74, 6) is 0.288. The maximum atomic E-state index is 14.3. The van der Waals surface area contributed by atoms with Gasteiger partial charge in [0.2, 0.25) is 0 Å². The van der Waals surface area contributed by atoms with Gasteiger partial charge in [-0.2, -0.15) is 0 Å². The number of halogens is 2. The highest BCUT2D eigenvalue weighted by molar-refractivity contribution is 7.07. The molecule has 0 spiro atoms. The average Bonchev–Trinajstić information content (AvgIpc) is 3.37.